The van der Waals surface area contributed by atoms with Crippen LogP contribution in [0.2, 0.25) is 0 Å². The lowest BCUT2D eigenvalue weighted by molar-refractivity contribution is 0.205. The molecule has 0 radical (unpaired) electrons. The van der Waals surface area contributed by atoms with E-state index in [0.717, 1.165) is 0 Å². The second-order valence-corrected chi connectivity index (χ2v) is 10.4. The van der Waals surface area contributed by atoms with E-state index in [-0.39, 0.29) is 5.56 Å². The van der Waals surface area contributed by atoms with E-state index in [1.54, 1.807) is 12.1 Å². The molecular weight excluding hydrogens is 288 g/mol. The third-order valence-electron chi connectivity index (χ3n) is 1.71. The van der Waals surface area contributed by atoms with Gasteiger partial charge in [0.25, 0.3) is 0 Å². The Morgan fingerprint density at radius 1 is 1.25 bits per heavy atom. The van der Waals surface area contributed by atoms with Crippen molar-refractivity contribution < 1.29 is 24.0 Å². The van der Waals surface area contributed by atoms with Crippen LogP contribution in [0.25, 0.3) is 0 Å². The summed E-state index contributed by atoms with van der Waals surface area (Å²) in [7, 11) is -0.241. The highest BCUT2D eigenvalue weighted by Crippen LogP contribution is 2.54. The molecule has 1 aromatic rings. The van der Waals surface area contributed by atoms with Crippen LogP contribution in [0.1, 0.15) is 11.4 Å². The average molecular weight is 300 g/mol. The Balaban J connectivity index is 2.83. The maximum Gasteiger partial charge on any atom is 0.358 e. The Bertz CT molecular complexity index is 386. The van der Waals surface area contributed by atoms with Gasteiger partial charge in [-0.1, -0.05) is 30.0 Å². The first-order valence-corrected chi connectivity index (χ1v) is 10.3. The number of benzene rings is 1. The highest BCUT2D eigenvalue weighted by atomic mass is 32.4. The van der Waals surface area contributed by atoms with Crippen LogP contribution in [0.5, 0.6) is 5.75 Å². The van der Waals surface area contributed by atoms with Gasteiger partial charge in [0.05, 0.1) is 0 Å². The third-order valence-corrected chi connectivity index (χ3v) is 3.70. The number of rotatable bonds is 4. The molecule has 0 aliphatic carbocycles. The number of aliphatic hydroxyl groups excluding tert-OH is 1. The molecule has 0 bridgehead atoms. The van der Waals surface area contributed by atoms with E-state index >= 15 is 0 Å². The summed E-state index contributed by atoms with van der Waals surface area (Å²) in [6.45, 7) is 0. The second kappa shape index (κ2) is 5.85. The zero-order valence-corrected chi connectivity index (χ0v) is 12.2. The molecule has 1 rings (SSSR count). The molecule has 5 nitrogen and oxygen atoms in total. The zero-order chi connectivity index (χ0) is 12.3. The highest BCUT2D eigenvalue weighted by Gasteiger charge is 2.27. The first kappa shape index (κ1) is 14.5. The molecule has 3 atom stereocenters. The van der Waals surface area contributed by atoms with E-state index in [1.165, 1.54) is 12.1 Å². The Labute approximate surface area is 98.8 Å². The van der Waals surface area contributed by atoms with Crippen molar-refractivity contribution in [3.63, 3.8) is 0 Å². The molecule has 3 unspecified atom stereocenters. The first-order valence-electron chi connectivity index (χ1n) is 4.11. The van der Waals surface area contributed by atoms with E-state index in [2.05, 4.69) is 17.9 Å². The molecule has 9 heteroatoms. The number of hydrogen-bond donors (Lipinski definition) is 3. The van der Waals surface area contributed by atoms with Crippen LogP contribution in [0.4, 0.5) is 0 Å². The Hall–Kier alpha value is 0.420. The van der Waals surface area contributed by atoms with Crippen molar-refractivity contribution in [3.8, 4) is 5.75 Å². The van der Waals surface area contributed by atoms with Crippen LogP contribution in [-0.2, 0) is 4.57 Å². The molecule has 0 saturated heterocycles. The smallest absolute Gasteiger partial charge is 0.358 e. The van der Waals surface area contributed by atoms with Crippen molar-refractivity contribution in [2.24, 2.45) is 0 Å². The van der Waals surface area contributed by atoms with Crippen molar-refractivity contribution in [2.75, 3.05) is 0 Å². The van der Waals surface area contributed by atoms with Gasteiger partial charge in [0.1, 0.15) is 13.3 Å². The summed E-state index contributed by atoms with van der Waals surface area (Å²) in [6, 6.07) is 5.95. The van der Waals surface area contributed by atoms with Crippen LogP contribution in [0, 0.1) is 0 Å². The standard InChI is InChI=1S/C7H12O5P4/c8-7(16(9,10)11)5-1-3-6(4-2-5)12-15(13)14/h1-4,7-8H,13-14H2,(H2,9,10,11). The minimum absolute atomic E-state index is 0.164. The minimum atomic E-state index is -4.51. The zero-order valence-electron chi connectivity index (χ0n) is 8.09. The largest absolute Gasteiger partial charge is 0.466 e. The predicted octanol–water partition coefficient (Wildman–Crippen LogP) is 2.21. The van der Waals surface area contributed by atoms with E-state index in [4.69, 9.17) is 14.3 Å². The molecule has 90 valence electrons. The fraction of sp³-hybridized carbons (Fsp3) is 0.143. The second-order valence-electron chi connectivity index (χ2n) is 2.98. The van der Waals surface area contributed by atoms with Crippen molar-refractivity contribution in [1.29, 1.82) is 0 Å². The summed E-state index contributed by atoms with van der Waals surface area (Å²) in [5.74, 6) is -1.20. The van der Waals surface area contributed by atoms with Gasteiger partial charge >= 0.3 is 7.60 Å². The summed E-state index contributed by atoms with van der Waals surface area (Å²) in [4.78, 5) is 17.6. The molecule has 1 aromatic carbocycles. The maximum atomic E-state index is 10.8. The predicted molar refractivity (Wildman–Crippen MR) is 70.4 cm³/mol. The van der Waals surface area contributed by atoms with Gasteiger partial charge in [-0.25, -0.2) is 0 Å². The van der Waals surface area contributed by atoms with Gasteiger partial charge in [0, 0.05) is 0 Å². The molecule has 0 aromatic heterocycles. The van der Waals surface area contributed by atoms with Crippen molar-refractivity contribution in [1.82, 2.24) is 0 Å². The van der Waals surface area contributed by atoms with Gasteiger partial charge in [-0.3, -0.25) is 4.57 Å². The molecule has 0 aliphatic rings. The molecule has 16 heavy (non-hydrogen) atoms. The molecule has 0 saturated carbocycles. The van der Waals surface area contributed by atoms with Crippen molar-refractivity contribution in [2.45, 2.75) is 5.85 Å². The lowest BCUT2D eigenvalue weighted by atomic mass is 10.2. The van der Waals surface area contributed by atoms with Gasteiger partial charge in [0.15, 0.2) is 5.85 Å². The monoisotopic (exact) mass is 300 g/mol. The van der Waals surface area contributed by atoms with E-state index < -0.39 is 21.0 Å². The van der Waals surface area contributed by atoms with Crippen LogP contribution in [0.15, 0.2) is 24.3 Å². The van der Waals surface area contributed by atoms with Crippen molar-refractivity contribution in [3.05, 3.63) is 29.8 Å². The molecule has 0 aliphatic heterocycles. The first-order chi connectivity index (χ1) is 7.30. The normalized spacial score (nSPS) is 13.9. The van der Waals surface area contributed by atoms with E-state index in [0.29, 0.717) is 5.75 Å². The Morgan fingerprint density at radius 3 is 2.12 bits per heavy atom. The summed E-state index contributed by atoms with van der Waals surface area (Å²) in [6.07, 6.45) is 0. The van der Waals surface area contributed by atoms with E-state index in [1.807, 2.05) is 0 Å². The molecule has 0 heterocycles. The van der Waals surface area contributed by atoms with Crippen LogP contribution >= 0.6 is 33.0 Å². The number of aliphatic hydroxyl groups is 1. The lowest BCUT2D eigenvalue weighted by Crippen LogP contribution is -1.97. The Morgan fingerprint density at radius 2 is 1.75 bits per heavy atom. The molecule has 3 N–H and O–H groups in total. The van der Waals surface area contributed by atoms with Crippen molar-refractivity contribution >= 4 is 33.0 Å². The summed E-state index contributed by atoms with van der Waals surface area (Å²) in [5, 5.41) is 9.32. The summed E-state index contributed by atoms with van der Waals surface area (Å²) >= 11 is 0. The molecular formula is C7H12O5P4. The van der Waals surface area contributed by atoms with Gasteiger partial charge < -0.3 is 19.4 Å². The quantitative estimate of drug-likeness (QED) is 0.742. The van der Waals surface area contributed by atoms with Crippen LogP contribution in [0.3, 0.4) is 0 Å². The third kappa shape index (κ3) is 4.35. The van der Waals surface area contributed by atoms with Gasteiger partial charge in [-0.15, -0.1) is 0 Å². The SMILES string of the molecule is O=P(O)(O)C(O)c1ccc(OP(P)P)cc1. The van der Waals surface area contributed by atoms with Gasteiger partial charge in [-0.05, 0) is 17.7 Å². The fourth-order valence-electron chi connectivity index (χ4n) is 1.02. The average Bonchev–Trinajstić information content (AvgIpc) is 2.15. The van der Waals surface area contributed by atoms with Gasteiger partial charge in [-0.2, -0.15) is 0 Å². The topological polar surface area (TPSA) is 87.0 Å². The van der Waals surface area contributed by atoms with Crippen LogP contribution in [-0.4, -0.2) is 14.9 Å². The highest BCUT2D eigenvalue weighted by molar-refractivity contribution is 8.41. The lowest BCUT2D eigenvalue weighted by Gasteiger charge is -2.13. The summed E-state index contributed by atoms with van der Waals surface area (Å²) in [5.41, 5.74) is 0.164. The van der Waals surface area contributed by atoms with Gasteiger partial charge in [0.2, 0.25) is 0 Å². The summed E-state index contributed by atoms with van der Waals surface area (Å²) < 4.78 is 16.2. The van der Waals surface area contributed by atoms with Crippen LogP contribution < -0.4 is 4.52 Å². The minimum Gasteiger partial charge on any atom is -0.466 e. The fourth-order valence-corrected chi connectivity index (χ4v) is 2.67. The number of hydrogen-bond acceptors (Lipinski definition) is 3. The molecule has 0 amide bonds. The maximum absolute atomic E-state index is 10.8. The molecule has 0 spiro atoms. The Kier molecular flexibility index (Phi) is 5.29. The molecule has 0 fully saturated rings. The van der Waals surface area contributed by atoms with E-state index in [9.17, 15) is 9.67 Å².